The van der Waals surface area contributed by atoms with Gasteiger partial charge in [-0.25, -0.2) is 14.4 Å². The fourth-order valence-electron chi connectivity index (χ4n) is 3.74. The van der Waals surface area contributed by atoms with Crippen molar-refractivity contribution in [2.24, 2.45) is 4.99 Å². The first-order valence-corrected chi connectivity index (χ1v) is 10.2. The molecule has 2 fully saturated rings. The summed E-state index contributed by atoms with van der Waals surface area (Å²) in [4.78, 5) is 24.1. The number of amides is 1. The molecule has 2 aliphatic rings. The fraction of sp³-hybridized carbons (Fsp3) is 0.650. The normalized spacial score (nSPS) is 20.9. The molecule has 154 valence electrons. The molecular formula is C20H31FN6O. The Hall–Kier alpha value is -2.38. The Morgan fingerprint density at radius 2 is 2.00 bits per heavy atom. The molecule has 8 heteroatoms. The van der Waals surface area contributed by atoms with Gasteiger partial charge in [-0.2, -0.15) is 0 Å². The van der Waals surface area contributed by atoms with Gasteiger partial charge in [-0.3, -0.25) is 4.79 Å². The van der Waals surface area contributed by atoms with Gasteiger partial charge < -0.3 is 20.4 Å². The molecule has 28 heavy (non-hydrogen) atoms. The maximum Gasteiger partial charge on any atom is 0.243 e. The van der Waals surface area contributed by atoms with Gasteiger partial charge in [0.15, 0.2) is 17.6 Å². The number of rotatable bonds is 5. The first kappa shape index (κ1) is 20.4. The molecule has 1 amide bonds. The molecule has 0 aromatic carbocycles. The van der Waals surface area contributed by atoms with Crippen molar-refractivity contribution in [1.82, 2.24) is 20.5 Å². The van der Waals surface area contributed by atoms with Crippen LogP contribution in [0.4, 0.5) is 10.2 Å². The quantitative estimate of drug-likeness (QED) is 0.592. The Balaban J connectivity index is 1.62. The van der Waals surface area contributed by atoms with Crippen LogP contribution in [0.15, 0.2) is 23.3 Å². The highest BCUT2D eigenvalue weighted by molar-refractivity contribution is 5.85. The summed E-state index contributed by atoms with van der Waals surface area (Å²) in [5.74, 6) is 0.742. The number of hydrogen-bond acceptors (Lipinski definition) is 4. The van der Waals surface area contributed by atoms with Gasteiger partial charge in [-0.05, 0) is 31.4 Å². The van der Waals surface area contributed by atoms with Crippen LogP contribution in [0.5, 0.6) is 0 Å². The number of hydrogen-bond donors (Lipinski definition) is 2. The van der Waals surface area contributed by atoms with Gasteiger partial charge in [0.1, 0.15) is 6.54 Å². The van der Waals surface area contributed by atoms with Crippen molar-refractivity contribution in [3.63, 3.8) is 0 Å². The van der Waals surface area contributed by atoms with Crippen molar-refractivity contribution in [1.29, 1.82) is 0 Å². The third-order valence-corrected chi connectivity index (χ3v) is 5.38. The van der Waals surface area contributed by atoms with Crippen LogP contribution in [0.2, 0.25) is 0 Å². The standard InChI is InChI=1S/C20H31FN6O/c1-26(2)18(28)13-23-20(24-15-7-4-3-5-8-15)25-16-10-12-27(14-16)19-17(21)9-6-11-22-19/h6,9,11,15-16H,3-5,7-8,10,12-14H2,1-2H3,(H2,23,24,25). The summed E-state index contributed by atoms with van der Waals surface area (Å²) in [6, 6.07) is 3.56. The van der Waals surface area contributed by atoms with Gasteiger partial charge in [0.2, 0.25) is 5.91 Å². The van der Waals surface area contributed by atoms with Crippen LogP contribution < -0.4 is 15.5 Å². The molecule has 1 saturated carbocycles. The fourth-order valence-corrected chi connectivity index (χ4v) is 3.74. The zero-order valence-corrected chi connectivity index (χ0v) is 16.8. The van der Waals surface area contributed by atoms with E-state index in [9.17, 15) is 9.18 Å². The second kappa shape index (κ2) is 9.71. The Bertz CT molecular complexity index is 689. The van der Waals surface area contributed by atoms with E-state index in [0.29, 0.717) is 24.4 Å². The van der Waals surface area contributed by atoms with Crippen molar-refractivity contribution in [3.8, 4) is 0 Å². The van der Waals surface area contributed by atoms with Gasteiger partial charge in [0.25, 0.3) is 0 Å². The van der Waals surface area contributed by atoms with E-state index in [1.54, 1.807) is 31.3 Å². The molecule has 1 saturated heterocycles. The number of pyridine rings is 1. The highest BCUT2D eigenvalue weighted by Gasteiger charge is 2.26. The van der Waals surface area contributed by atoms with E-state index in [1.165, 1.54) is 25.3 Å². The largest absolute Gasteiger partial charge is 0.354 e. The number of carbonyl (C=O) groups is 1. The number of carbonyl (C=O) groups excluding carboxylic acids is 1. The molecule has 1 aromatic heterocycles. The number of aromatic nitrogens is 1. The summed E-state index contributed by atoms with van der Waals surface area (Å²) >= 11 is 0. The molecule has 1 aliphatic carbocycles. The topological polar surface area (TPSA) is 72.9 Å². The van der Waals surface area contributed by atoms with Crippen molar-refractivity contribution >= 4 is 17.7 Å². The molecule has 3 rings (SSSR count). The van der Waals surface area contributed by atoms with E-state index in [1.807, 2.05) is 4.90 Å². The smallest absolute Gasteiger partial charge is 0.243 e. The monoisotopic (exact) mass is 390 g/mol. The SMILES string of the molecule is CN(C)C(=O)CN=C(NC1CCCCC1)NC1CCN(c2ncccc2F)C1. The third kappa shape index (κ3) is 5.56. The highest BCUT2D eigenvalue weighted by atomic mass is 19.1. The molecule has 1 aromatic rings. The van der Waals surface area contributed by atoms with Crippen LogP contribution in [-0.4, -0.2) is 67.6 Å². The Labute approximate surface area is 166 Å². The van der Waals surface area contributed by atoms with Crippen LogP contribution in [0.1, 0.15) is 38.5 Å². The first-order chi connectivity index (χ1) is 13.5. The molecule has 0 bridgehead atoms. The molecule has 0 radical (unpaired) electrons. The summed E-state index contributed by atoms with van der Waals surface area (Å²) in [5.41, 5.74) is 0. The van der Waals surface area contributed by atoms with E-state index < -0.39 is 0 Å². The number of aliphatic imine (C=N–C) groups is 1. The van der Waals surface area contributed by atoms with Gasteiger partial charge in [-0.1, -0.05) is 19.3 Å². The Kier molecular flexibility index (Phi) is 7.06. The minimum Gasteiger partial charge on any atom is -0.354 e. The van der Waals surface area contributed by atoms with Crippen molar-refractivity contribution < 1.29 is 9.18 Å². The lowest BCUT2D eigenvalue weighted by atomic mass is 9.96. The molecular weight excluding hydrogens is 359 g/mol. The van der Waals surface area contributed by atoms with Gasteiger partial charge in [0.05, 0.1) is 0 Å². The minimum absolute atomic E-state index is 0.0339. The number of anilines is 1. The second-order valence-corrected chi connectivity index (χ2v) is 7.82. The molecule has 2 N–H and O–H groups in total. The van der Waals surface area contributed by atoms with Gasteiger partial charge >= 0.3 is 0 Å². The van der Waals surface area contributed by atoms with E-state index in [2.05, 4.69) is 20.6 Å². The van der Waals surface area contributed by atoms with Gasteiger partial charge in [0, 0.05) is 45.5 Å². The van der Waals surface area contributed by atoms with Crippen LogP contribution in [0.25, 0.3) is 0 Å². The number of halogens is 1. The van der Waals surface area contributed by atoms with Crippen molar-refractivity contribution in [2.45, 2.75) is 50.6 Å². The lowest BCUT2D eigenvalue weighted by Crippen LogP contribution is -2.49. The number of nitrogens with one attached hydrogen (secondary N) is 2. The molecule has 0 spiro atoms. The molecule has 7 nitrogen and oxygen atoms in total. The van der Waals surface area contributed by atoms with E-state index in [-0.39, 0.29) is 24.3 Å². The summed E-state index contributed by atoms with van der Waals surface area (Å²) < 4.78 is 14.0. The number of likely N-dealkylation sites (N-methyl/N-ethyl adjacent to an activating group) is 1. The maximum atomic E-state index is 14.0. The van der Waals surface area contributed by atoms with E-state index in [4.69, 9.17) is 0 Å². The molecule has 1 atom stereocenters. The van der Waals surface area contributed by atoms with Crippen molar-refractivity contribution in [2.75, 3.05) is 38.6 Å². The lowest BCUT2D eigenvalue weighted by Gasteiger charge is -2.27. The van der Waals surface area contributed by atoms with Crippen LogP contribution >= 0.6 is 0 Å². The Morgan fingerprint density at radius 1 is 1.25 bits per heavy atom. The third-order valence-electron chi connectivity index (χ3n) is 5.38. The number of guanidine groups is 1. The average Bonchev–Trinajstić information content (AvgIpc) is 3.15. The number of nitrogens with zero attached hydrogens (tertiary/aromatic N) is 4. The summed E-state index contributed by atoms with van der Waals surface area (Å²) in [5, 5.41) is 6.96. The van der Waals surface area contributed by atoms with E-state index in [0.717, 1.165) is 25.8 Å². The second-order valence-electron chi connectivity index (χ2n) is 7.82. The predicted molar refractivity (Wildman–Crippen MR) is 109 cm³/mol. The first-order valence-electron chi connectivity index (χ1n) is 10.2. The highest BCUT2D eigenvalue weighted by Crippen LogP contribution is 2.21. The molecule has 1 aliphatic heterocycles. The summed E-state index contributed by atoms with van der Waals surface area (Å²) in [6.45, 7) is 1.50. The van der Waals surface area contributed by atoms with Crippen LogP contribution in [-0.2, 0) is 4.79 Å². The summed E-state index contributed by atoms with van der Waals surface area (Å²) in [6.07, 6.45) is 8.45. The van der Waals surface area contributed by atoms with Crippen LogP contribution in [0, 0.1) is 5.82 Å². The molecule has 1 unspecified atom stereocenters. The minimum atomic E-state index is -0.297. The van der Waals surface area contributed by atoms with Gasteiger partial charge in [-0.15, -0.1) is 0 Å². The van der Waals surface area contributed by atoms with E-state index >= 15 is 0 Å². The maximum absolute atomic E-state index is 14.0. The lowest BCUT2D eigenvalue weighted by molar-refractivity contribution is -0.127. The zero-order chi connectivity index (χ0) is 19.9. The Morgan fingerprint density at radius 3 is 2.71 bits per heavy atom. The summed E-state index contributed by atoms with van der Waals surface area (Å²) in [7, 11) is 3.46. The van der Waals surface area contributed by atoms with Crippen LogP contribution in [0.3, 0.4) is 0 Å². The predicted octanol–water partition coefficient (Wildman–Crippen LogP) is 1.76. The van der Waals surface area contributed by atoms with Crippen molar-refractivity contribution in [3.05, 3.63) is 24.1 Å². The average molecular weight is 391 g/mol. The molecule has 2 heterocycles. The zero-order valence-electron chi connectivity index (χ0n) is 16.8.